The fourth-order valence-electron chi connectivity index (χ4n) is 3.25. The van der Waals surface area contributed by atoms with Crippen LogP contribution in [-0.4, -0.2) is 35.9 Å². The third-order valence-corrected chi connectivity index (χ3v) is 5.90. The van der Waals surface area contributed by atoms with Crippen molar-refractivity contribution in [3.05, 3.63) is 112 Å². The summed E-state index contributed by atoms with van der Waals surface area (Å²) >= 11 is 1.36. The minimum Gasteiger partial charge on any atom is -0.491 e. The zero-order valence-corrected chi connectivity index (χ0v) is 19.4. The molecule has 4 aromatic rings. The molecule has 0 unspecified atom stereocenters. The van der Waals surface area contributed by atoms with Crippen molar-refractivity contribution in [3.8, 4) is 5.75 Å². The normalized spacial score (nSPS) is 10.4. The molecule has 1 aromatic heterocycles. The molecule has 0 aliphatic rings. The molecule has 0 spiro atoms. The van der Waals surface area contributed by atoms with Gasteiger partial charge in [-0.05, 0) is 84.2 Å². The maximum absolute atomic E-state index is 12.8. The molecule has 0 saturated heterocycles. The maximum Gasteiger partial charge on any atom is 0.265 e. The van der Waals surface area contributed by atoms with Crippen LogP contribution in [0.2, 0.25) is 0 Å². The predicted octanol–water partition coefficient (Wildman–Crippen LogP) is 4.85. The van der Waals surface area contributed by atoms with Gasteiger partial charge in [0.05, 0.1) is 11.5 Å². The molecule has 176 valence electrons. The van der Waals surface area contributed by atoms with E-state index in [-0.39, 0.29) is 30.8 Å². The first-order valence-electron chi connectivity index (χ1n) is 10.8. The fourth-order valence-corrected chi connectivity index (χ4v) is 3.87. The quantitative estimate of drug-likeness (QED) is 0.293. The molecule has 2 amide bonds. The van der Waals surface area contributed by atoms with Crippen molar-refractivity contribution < 1.29 is 24.2 Å². The fraction of sp³-hybridized carbons (Fsp3) is 0.0741. The van der Waals surface area contributed by atoms with E-state index in [1.165, 1.54) is 11.3 Å². The first kappa shape index (κ1) is 23.9. The average Bonchev–Trinajstić information content (AvgIpc) is 3.44. The van der Waals surface area contributed by atoms with Crippen LogP contribution < -0.4 is 15.4 Å². The van der Waals surface area contributed by atoms with Gasteiger partial charge in [0.25, 0.3) is 11.8 Å². The molecule has 8 heteroatoms. The molecular weight excluding hydrogens is 464 g/mol. The SMILES string of the molecule is O=C(Nc1ccc(C(=O)c2ccc(NC(=O)c3cccs3)cc2)cc1)c1ccc(OCCO)cc1. The number of ketones is 1. The van der Waals surface area contributed by atoms with Gasteiger partial charge in [0.1, 0.15) is 12.4 Å². The van der Waals surface area contributed by atoms with Crippen molar-refractivity contribution >= 4 is 40.3 Å². The van der Waals surface area contributed by atoms with E-state index in [4.69, 9.17) is 9.84 Å². The number of carbonyl (C=O) groups excluding carboxylic acids is 3. The van der Waals surface area contributed by atoms with Crippen molar-refractivity contribution in [2.45, 2.75) is 0 Å². The van der Waals surface area contributed by atoms with Crippen LogP contribution in [0, 0.1) is 0 Å². The lowest BCUT2D eigenvalue weighted by molar-refractivity contribution is 0.102. The standard InChI is InChI=1S/C27H22N2O5S/c30-15-16-34-23-13-7-20(8-14-23)26(32)28-21-9-3-18(4-10-21)25(31)19-5-11-22(12-6-19)29-27(33)24-2-1-17-35-24/h1-14,17,30H,15-16H2,(H,28,32)(H,29,33). The molecule has 0 fully saturated rings. The Kier molecular flexibility index (Phi) is 7.67. The Morgan fingerprint density at radius 2 is 1.26 bits per heavy atom. The van der Waals surface area contributed by atoms with Gasteiger partial charge in [-0.2, -0.15) is 0 Å². The first-order valence-corrected chi connectivity index (χ1v) is 11.7. The van der Waals surface area contributed by atoms with E-state index < -0.39 is 0 Å². The summed E-state index contributed by atoms with van der Waals surface area (Å²) in [5.41, 5.74) is 2.57. The zero-order chi connectivity index (χ0) is 24.6. The van der Waals surface area contributed by atoms with E-state index >= 15 is 0 Å². The number of hydrogen-bond donors (Lipinski definition) is 3. The Bertz CT molecular complexity index is 1300. The van der Waals surface area contributed by atoms with Gasteiger partial charge in [-0.15, -0.1) is 11.3 Å². The zero-order valence-electron chi connectivity index (χ0n) is 18.6. The topological polar surface area (TPSA) is 105 Å². The van der Waals surface area contributed by atoms with Gasteiger partial charge in [-0.25, -0.2) is 0 Å². The number of aliphatic hydroxyl groups excluding tert-OH is 1. The largest absolute Gasteiger partial charge is 0.491 e. The molecule has 0 radical (unpaired) electrons. The van der Waals surface area contributed by atoms with Gasteiger partial charge in [0, 0.05) is 28.1 Å². The van der Waals surface area contributed by atoms with Crippen LogP contribution in [0.15, 0.2) is 90.3 Å². The predicted molar refractivity (Wildman–Crippen MR) is 136 cm³/mol. The summed E-state index contributed by atoms with van der Waals surface area (Å²) in [7, 11) is 0. The molecule has 3 N–H and O–H groups in total. The van der Waals surface area contributed by atoms with Crippen LogP contribution in [0.4, 0.5) is 11.4 Å². The van der Waals surface area contributed by atoms with E-state index in [9.17, 15) is 14.4 Å². The van der Waals surface area contributed by atoms with Crippen molar-refractivity contribution in [2.24, 2.45) is 0 Å². The number of amides is 2. The van der Waals surface area contributed by atoms with Crippen LogP contribution in [0.5, 0.6) is 5.75 Å². The lowest BCUT2D eigenvalue weighted by Gasteiger charge is -2.08. The average molecular weight is 487 g/mol. The molecule has 35 heavy (non-hydrogen) atoms. The molecule has 3 aromatic carbocycles. The minimum absolute atomic E-state index is 0.0831. The lowest BCUT2D eigenvalue weighted by Crippen LogP contribution is -2.12. The highest BCUT2D eigenvalue weighted by atomic mass is 32.1. The van der Waals surface area contributed by atoms with E-state index in [1.807, 2.05) is 11.4 Å². The molecule has 0 bridgehead atoms. The minimum atomic E-state index is -0.294. The van der Waals surface area contributed by atoms with Gasteiger partial charge in [0.2, 0.25) is 0 Å². The highest BCUT2D eigenvalue weighted by Gasteiger charge is 2.12. The highest BCUT2D eigenvalue weighted by Crippen LogP contribution is 2.19. The Morgan fingerprint density at radius 3 is 1.77 bits per heavy atom. The molecule has 7 nitrogen and oxygen atoms in total. The Balaban J connectivity index is 1.35. The smallest absolute Gasteiger partial charge is 0.265 e. The summed E-state index contributed by atoms with van der Waals surface area (Å²) in [5, 5.41) is 16.2. The summed E-state index contributed by atoms with van der Waals surface area (Å²) in [6, 6.07) is 23.5. The van der Waals surface area contributed by atoms with Crippen molar-refractivity contribution in [1.82, 2.24) is 0 Å². The third kappa shape index (κ3) is 6.20. The van der Waals surface area contributed by atoms with Crippen LogP contribution in [0.1, 0.15) is 36.0 Å². The van der Waals surface area contributed by atoms with Crippen LogP contribution in [-0.2, 0) is 0 Å². The lowest BCUT2D eigenvalue weighted by atomic mass is 10.0. The highest BCUT2D eigenvalue weighted by molar-refractivity contribution is 7.12. The second kappa shape index (κ2) is 11.2. The van der Waals surface area contributed by atoms with E-state index in [0.717, 1.165) is 0 Å². The Labute approximate surface area is 206 Å². The summed E-state index contributed by atoms with van der Waals surface area (Å²) in [6.45, 7) is 0.104. The van der Waals surface area contributed by atoms with Crippen molar-refractivity contribution in [1.29, 1.82) is 0 Å². The van der Waals surface area contributed by atoms with E-state index in [1.54, 1.807) is 78.9 Å². The van der Waals surface area contributed by atoms with Crippen LogP contribution in [0.3, 0.4) is 0 Å². The Morgan fingerprint density at radius 1 is 0.714 bits per heavy atom. The van der Waals surface area contributed by atoms with Crippen molar-refractivity contribution in [2.75, 3.05) is 23.8 Å². The van der Waals surface area contributed by atoms with Gasteiger partial charge in [0.15, 0.2) is 5.78 Å². The number of carbonyl (C=O) groups is 3. The number of anilines is 2. The summed E-state index contributed by atoms with van der Waals surface area (Å²) in [4.78, 5) is 38.1. The molecule has 0 atom stereocenters. The third-order valence-electron chi connectivity index (χ3n) is 5.03. The number of thiophene rings is 1. The van der Waals surface area contributed by atoms with E-state index in [2.05, 4.69) is 10.6 Å². The van der Waals surface area contributed by atoms with E-state index in [0.29, 0.717) is 38.7 Å². The Hall–Kier alpha value is -4.27. The molecule has 0 aliphatic heterocycles. The molecule has 0 saturated carbocycles. The number of ether oxygens (including phenoxy) is 1. The summed E-state index contributed by atoms with van der Waals surface area (Å²) in [5.74, 6) is -0.0884. The molecule has 0 aliphatic carbocycles. The summed E-state index contributed by atoms with van der Waals surface area (Å²) < 4.78 is 5.29. The molecule has 4 rings (SSSR count). The maximum atomic E-state index is 12.8. The number of hydrogen-bond acceptors (Lipinski definition) is 6. The van der Waals surface area contributed by atoms with Gasteiger partial charge in [-0.3, -0.25) is 14.4 Å². The second-order valence-corrected chi connectivity index (χ2v) is 8.41. The number of aliphatic hydroxyl groups is 1. The second-order valence-electron chi connectivity index (χ2n) is 7.47. The summed E-state index contributed by atoms with van der Waals surface area (Å²) in [6.07, 6.45) is 0. The molecule has 1 heterocycles. The van der Waals surface area contributed by atoms with Gasteiger partial charge < -0.3 is 20.5 Å². The van der Waals surface area contributed by atoms with Crippen molar-refractivity contribution in [3.63, 3.8) is 0 Å². The number of rotatable bonds is 9. The van der Waals surface area contributed by atoms with Crippen LogP contribution in [0.25, 0.3) is 0 Å². The van der Waals surface area contributed by atoms with Gasteiger partial charge in [-0.1, -0.05) is 6.07 Å². The first-order chi connectivity index (χ1) is 17.0. The monoisotopic (exact) mass is 486 g/mol. The number of benzene rings is 3. The van der Waals surface area contributed by atoms with Crippen LogP contribution >= 0.6 is 11.3 Å². The van der Waals surface area contributed by atoms with Gasteiger partial charge >= 0.3 is 0 Å². The molecular formula is C27H22N2O5S. The number of nitrogens with one attached hydrogen (secondary N) is 2.